The minimum atomic E-state index is -0.338. The molecule has 2 aliphatic rings. The van der Waals surface area contributed by atoms with Gasteiger partial charge in [-0.15, -0.1) is 0 Å². The van der Waals surface area contributed by atoms with E-state index in [2.05, 4.69) is 33.0 Å². The molecule has 120 valence electrons. The monoisotopic (exact) mass is 294 g/mol. The number of hydrogen-bond donors (Lipinski definition) is 1. The number of nitrogens with zero attached hydrogens (tertiary/aromatic N) is 1. The number of carbonyl (C=O) groups excluding carboxylic acids is 2. The molecular formula is C17H30N2O2. The highest BCUT2D eigenvalue weighted by Crippen LogP contribution is 2.34. The van der Waals surface area contributed by atoms with Crippen molar-refractivity contribution in [3.63, 3.8) is 0 Å². The predicted molar refractivity (Wildman–Crippen MR) is 83.7 cm³/mol. The third-order valence-corrected chi connectivity index (χ3v) is 5.72. The summed E-state index contributed by atoms with van der Waals surface area (Å²) in [7, 11) is 0. The standard InChI is InChI=1S/C17H30N2O2/c1-5-11(2)16-17(21)19(10-9-15(20)18-16)14-8-6-7-12(3)13(14)4/h11-14,16H,5-10H2,1-4H3,(H,18,20). The van der Waals surface area contributed by atoms with Crippen molar-refractivity contribution in [2.75, 3.05) is 6.54 Å². The Bertz CT molecular complexity index is 396. The van der Waals surface area contributed by atoms with Gasteiger partial charge in [0.05, 0.1) is 0 Å². The van der Waals surface area contributed by atoms with E-state index < -0.39 is 0 Å². The zero-order chi connectivity index (χ0) is 15.6. The van der Waals surface area contributed by atoms with E-state index in [0.717, 1.165) is 12.8 Å². The quantitative estimate of drug-likeness (QED) is 0.869. The van der Waals surface area contributed by atoms with E-state index in [1.54, 1.807) is 0 Å². The first kappa shape index (κ1) is 16.3. The van der Waals surface area contributed by atoms with Gasteiger partial charge in [-0.05, 0) is 24.2 Å². The minimum absolute atomic E-state index is 0.0210. The van der Waals surface area contributed by atoms with E-state index in [9.17, 15) is 9.59 Å². The van der Waals surface area contributed by atoms with Gasteiger partial charge in [0, 0.05) is 19.0 Å². The van der Waals surface area contributed by atoms with Crippen LogP contribution in [0.1, 0.15) is 59.8 Å². The van der Waals surface area contributed by atoms with E-state index in [0.29, 0.717) is 30.8 Å². The van der Waals surface area contributed by atoms with E-state index >= 15 is 0 Å². The van der Waals surface area contributed by atoms with Gasteiger partial charge in [0.25, 0.3) is 0 Å². The molecule has 0 bridgehead atoms. The smallest absolute Gasteiger partial charge is 0.245 e. The number of nitrogens with one attached hydrogen (secondary N) is 1. The number of amides is 2. The lowest BCUT2D eigenvalue weighted by atomic mass is 9.77. The minimum Gasteiger partial charge on any atom is -0.344 e. The molecule has 1 saturated carbocycles. The highest BCUT2D eigenvalue weighted by Gasteiger charge is 2.39. The molecule has 1 saturated heterocycles. The molecule has 4 nitrogen and oxygen atoms in total. The first-order valence-corrected chi connectivity index (χ1v) is 8.55. The Labute approximate surface area is 128 Å². The Morgan fingerprint density at radius 2 is 2.00 bits per heavy atom. The van der Waals surface area contributed by atoms with Crippen molar-refractivity contribution in [2.24, 2.45) is 17.8 Å². The van der Waals surface area contributed by atoms with Crippen molar-refractivity contribution in [1.82, 2.24) is 10.2 Å². The van der Waals surface area contributed by atoms with Crippen LogP contribution >= 0.6 is 0 Å². The van der Waals surface area contributed by atoms with Crippen molar-refractivity contribution in [2.45, 2.75) is 71.9 Å². The molecule has 0 aromatic carbocycles. The number of rotatable bonds is 3. The van der Waals surface area contributed by atoms with Crippen LogP contribution in [0.25, 0.3) is 0 Å². The maximum Gasteiger partial charge on any atom is 0.245 e. The number of carbonyl (C=O) groups is 2. The highest BCUT2D eigenvalue weighted by molar-refractivity contribution is 5.90. The molecule has 2 fully saturated rings. The van der Waals surface area contributed by atoms with Crippen LogP contribution in [0.15, 0.2) is 0 Å². The van der Waals surface area contributed by atoms with E-state index in [1.807, 2.05) is 4.90 Å². The molecule has 0 spiro atoms. The third-order valence-electron chi connectivity index (χ3n) is 5.72. The first-order chi connectivity index (χ1) is 9.95. The van der Waals surface area contributed by atoms with Gasteiger partial charge in [-0.3, -0.25) is 9.59 Å². The Morgan fingerprint density at radius 3 is 2.67 bits per heavy atom. The van der Waals surface area contributed by atoms with Crippen LogP contribution in [0.5, 0.6) is 0 Å². The first-order valence-electron chi connectivity index (χ1n) is 8.55. The number of hydrogen-bond acceptors (Lipinski definition) is 2. The van der Waals surface area contributed by atoms with Crippen molar-refractivity contribution < 1.29 is 9.59 Å². The zero-order valence-corrected chi connectivity index (χ0v) is 13.9. The van der Waals surface area contributed by atoms with Gasteiger partial charge in [-0.2, -0.15) is 0 Å². The summed E-state index contributed by atoms with van der Waals surface area (Å²) in [6, 6.07) is -0.0325. The van der Waals surface area contributed by atoms with Crippen LogP contribution in [-0.4, -0.2) is 35.3 Å². The van der Waals surface area contributed by atoms with Gasteiger partial charge in [0.15, 0.2) is 0 Å². The fourth-order valence-corrected chi connectivity index (χ4v) is 3.76. The molecule has 1 heterocycles. The summed E-state index contributed by atoms with van der Waals surface area (Å²) in [4.78, 5) is 26.9. The van der Waals surface area contributed by atoms with Crippen LogP contribution in [0.4, 0.5) is 0 Å². The second kappa shape index (κ2) is 6.80. The Hall–Kier alpha value is -1.06. The molecule has 0 aromatic heterocycles. The summed E-state index contributed by atoms with van der Waals surface area (Å²) in [6.07, 6.45) is 4.87. The molecule has 1 aliphatic carbocycles. The average Bonchev–Trinajstić information content (AvgIpc) is 2.61. The van der Waals surface area contributed by atoms with Crippen LogP contribution in [-0.2, 0) is 9.59 Å². The summed E-state index contributed by atoms with van der Waals surface area (Å²) in [6.45, 7) is 9.26. The van der Waals surface area contributed by atoms with E-state index in [-0.39, 0.29) is 23.8 Å². The largest absolute Gasteiger partial charge is 0.344 e. The molecule has 2 amide bonds. The maximum atomic E-state index is 13.0. The Kier molecular flexibility index (Phi) is 5.28. The summed E-state index contributed by atoms with van der Waals surface area (Å²) in [5.41, 5.74) is 0. The van der Waals surface area contributed by atoms with Gasteiger partial charge >= 0.3 is 0 Å². The third kappa shape index (κ3) is 3.41. The van der Waals surface area contributed by atoms with Gasteiger partial charge in [0.1, 0.15) is 6.04 Å². The normalized spacial score (nSPS) is 36.1. The summed E-state index contributed by atoms with van der Waals surface area (Å²) >= 11 is 0. The van der Waals surface area contributed by atoms with Crippen LogP contribution < -0.4 is 5.32 Å². The molecule has 4 heteroatoms. The molecule has 0 aromatic rings. The highest BCUT2D eigenvalue weighted by atomic mass is 16.2. The lowest BCUT2D eigenvalue weighted by Crippen LogP contribution is -2.54. The molecule has 1 aliphatic heterocycles. The molecular weight excluding hydrogens is 264 g/mol. The van der Waals surface area contributed by atoms with Crippen molar-refractivity contribution in [1.29, 1.82) is 0 Å². The lowest BCUT2D eigenvalue weighted by Gasteiger charge is -2.42. The fourth-order valence-electron chi connectivity index (χ4n) is 3.76. The van der Waals surface area contributed by atoms with E-state index in [4.69, 9.17) is 0 Å². The maximum absolute atomic E-state index is 13.0. The van der Waals surface area contributed by atoms with Gasteiger partial charge in [0.2, 0.25) is 11.8 Å². The lowest BCUT2D eigenvalue weighted by molar-refractivity contribution is -0.139. The van der Waals surface area contributed by atoms with Crippen LogP contribution in [0, 0.1) is 17.8 Å². The predicted octanol–water partition coefficient (Wildman–Crippen LogP) is 2.57. The molecule has 5 unspecified atom stereocenters. The molecule has 21 heavy (non-hydrogen) atoms. The van der Waals surface area contributed by atoms with Crippen LogP contribution in [0.3, 0.4) is 0 Å². The second-order valence-electron chi connectivity index (χ2n) is 7.05. The summed E-state index contributed by atoms with van der Waals surface area (Å²) in [5, 5.41) is 2.94. The van der Waals surface area contributed by atoms with Crippen molar-refractivity contribution in [3.05, 3.63) is 0 Å². The van der Waals surface area contributed by atoms with Crippen molar-refractivity contribution >= 4 is 11.8 Å². The Morgan fingerprint density at radius 1 is 1.29 bits per heavy atom. The second-order valence-corrected chi connectivity index (χ2v) is 7.05. The Balaban J connectivity index is 2.20. The topological polar surface area (TPSA) is 49.4 Å². The van der Waals surface area contributed by atoms with Crippen molar-refractivity contribution in [3.8, 4) is 0 Å². The molecule has 0 radical (unpaired) electrons. The average molecular weight is 294 g/mol. The van der Waals surface area contributed by atoms with Crippen LogP contribution in [0.2, 0.25) is 0 Å². The zero-order valence-electron chi connectivity index (χ0n) is 13.9. The fraction of sp³-hybridized carbons (Fsp3) is 0.882. The van der Waals surface area contributed by atoms with Gasteiger partial charge in [-0.1, -0.05) is 47.0 Å². The molecule has 2 rings (SSSR count). The molecule has 1 N–H and O–H groups in total. The summed E-state index contributed by atoms with van der Waals surface area (Å²) < 4.78 is 0. The molecule has 5 atom stereocenters. The van der Waals surface area contributed by atoms with E-state index in [1.165, 1.54) is 12.8 Å². The van der Waals surface area contributed by atoms with Gasteiger partial charge in [-0.25, -0.2) is 0 Å². The SMILES string of the molecule is CCC(C)C1NC(=O)CCN(C2CCCC(C)C2C)C1=O. The van der Waals surface area contributed by atoms with Gasteiger partial charge < -0.3 is 10.2 Å². The summed E-state index contributed by atoms with van der Waals surface area (Å²) in [5.74, 6) is 1.53.